The molecular formula is C13H20N2O2. The predicted molar refractivity (Wildman–Crippen MR) is 65.4 cm³/mol. The first-order valence-electron chi connectivity index (χ1n) is 6.29. The van der Waals surface area contributed by atoms with E-state index in [0.29, 0.717) is 12.3 Å². The molecule has 4 heteroatoms. The van der Waals surface area contributed by atoms with Crippen molar-refractivity contribution in [3.05, 3.63) is 24.5 Å². The fourth-order valence-electron chi connectivity index (χ4n) is 2.30. The van der Waals surface area contributed by atoms with Crippen molar-refractivity contribution in [1.82, 2.24) is 9.47 Å². The van der Waals surface area contributed by atoms with E-state index in [9.17, 15) is 4.79 Å². The van der Waals surface area contributed by atoms with Gasteiger partial charge in [0.25, 0.3) is 0 Å². The number of aryl methyl sites for hydroxylation is 1. The van der Waals surface area contributed by atoms with Crippen molar-refractivity contribution in [1.29, 1.82) is 0 Å². The molecular weight excluding hydrogens is 216 g/mol. The summed E-state index contributed by atoms with van der Waals surface area (Å²) in [5, 5.41) is 9.03. The second kappa shape index (κ2) is 5.87. The lowest BCUT2D eigenvalue weighted by atomic mass is 10.1. The van der Waals surface area contributed by atoms with Crippen molar-refractivity contribution in [2.45, 2.75) is 25.8 Å². The Balaban J connectivity index is 1.67. The van der Waals surface area contributed by atoms with Crippen molar-refractivity contribution in [3.63, 3.8) is 0 Å². The molecule has 1 aromatic rings. The molecule has 1 amide bonds. The summed E-state index contributed by atoms with van der Waals surface area (Å²) in [6, 6.07) is 3.99. The zero-order chi connectivity index (χ0) is 12.1. The lowest BCUT2D eigenvalue weighted by Gasteiger charge is -2.16. The first kappa shape index (κ1) is 12.2. The predicted octanol–water partition coefficient (Wildman–Crippen LogP) is 1.11. The second-order valence-corrected chi connectivity index (χ2v) is 4.70. The molecule has 2 rings (SSSR count). The van der Waals surface area contributed by atoms with Crippen molar-refractivity contribution in [2.24, 2.45) is 5.92 Å². The normalized spacial score (nSPS) is 19.8. The first-order valence-corrected chi connectivity index (χ1v) is 6.29. The van der Waals surface area contributed by atoms with Crippen LogP contribution in [0.2, 0.25) is 0 Å². The summed E-state index contributed by atoms with van der Waals surface area (Å²) >= 11 is 0. The molecule has 1 unspecified atom stereocenters. The molecule has 17 heavy (non-hydrogen) atoms. The maximum Gasteiger partial charge on any atom is 0.222 e. The molecule has 1 N–H and O–H groups in total. The van der Waals surface area contributed by atoms with Crippen LogP contribution in [0.25, 0.3) is 0 Å². The Morgan fingerprint density at radius 2 is 2.12 bits per heavy atom. The average Bonchev–Trinajstić information content (AvgIpc) is 2.99. The van der Waals surface area contributed by atoms with E-state index in [1.165, 1.54) is 0 Å². The van der Waals surface area contributed by atoms with E-state index in [2.05, 4.69) is 4.57 Å². The molecule has 1 fully saturated rings. The van der Waals surface area contributed by atoms with Crippen molar-refractivity contribution in [2.75, 3.05) is 19.7 Å². The fourth-order valence-corrected chi connectivity index (χ4v) is 2.30. The van der Waals surface area contributed by atoms with E-state index in [1.54, 1.807) is 0 Å². The van der Waals surface area contributed by atoms with Gasteiger partial charge in [0.05, 0.1) is 0 Å². The molecule has 0 radical (unpaired) electrons. The van der Waals surface area contributed by atoms with Crippen LogP contribution >= 0.6 is 0 Å². The van der Waals surface area contributed by atoms with Gasteiger partial charge in [0.1, 0.15) is 0 Å². The SMILES string of the molecule is O=C(CCCn1cccc1)N1CCC(CO)C1. The first-order chi connectivity index (χ1) is 8.29. The fraction of sp³-hybridized carbons (Fsp3) is 0.615. The van der Waals surface area contributed by atoms with Crippen LogP contribution in [-0.4, -0.2) is 40.2 Å². The Bertz CT molecular complexity index is 348. The summed E-state index contributed by atoms with van der Waals surface area (Å²) < 4.78 is 2.09. The monoisotopic (exact) mass is 236 g/mol. The van der Waals surface area contributed by atoms with E-state index < -0.39 is 0 Å². The van der Waals surface area contributed by atoms with Gasteiger partial charge >= 0.3 is 0 Å². The van der Waals surface area contributed by atoms with Crippen LogP contribution in [0.5, 0.6) is 0 Å². The standard InChI is InChI=1S/C13H20N2O2/c16-11-12-5-9-15(10-12)13(17)4-3-8-14-6-1-2-7-14/h1-2,6-7,12,16H,3-5,8-11H2. The Hall–Kier alpha value is -1.29. The number of rotatable bonds is 5. The zero-order valence-electron chi connectivity index (χ0n) is 10.1. The van der Waals surface area contributed by atoms with E-state index in [1.807, 2.05) is 29.4 Å². The van der Waals surface area contributed by atoms with Crippen molar-refractivity contribution < 1.29 is 9.90 Å². The third-order valence-corrected chi connectivity index (χ3v) is 3.37. The summed E-state index contributed by atoms with van der Waals surface area (Å²) in [6.45, 7) is 2.65. The Morgan fingerprint density at radius 1 is 1.35 bits per heavy atom. The quantitative estimate of drug-likeness (QED) is 0.832. The summed E-state index contributed by atoms with van der Waals surface area (Å²) in [5.41, 5.74) is 0. The third kappa shape index (κ3) is 3.33. The number of aliphatic hydroxyl groups is 1. The van der Waals surface area contributed by atoms with Crippen LogP contribution in [0.4, 0.5) is 0 Å². The minimum atomic E-state index is 0.202. The maximum absolute atomic E-state index is 11.9. The number of nitrogens with zero attached hydrogens (tertiary/aromatic N) is 2. The summed E-state index contributed by atoms with van der Waals surface area (Å²) in [5.74, 6) is 0.525. The Morgan fingerprint density at radius 3 is 2.76 bits per heavy atom. The topological polar surface area (TPSA) is 45.5 Å². The number of hydrogen-bond donors (Lipinski definition) is 1. The molecule has 0 bridgehead atoms. The van der Waals surface area contributed by atoms with E-state index in [0.717, 1.165) is 32.5 Å². The molecule has 1 saturated heterocycles. The number of aliphatic hydroxyl groups excluding tert-OH is 1. The summed E-state index contributed by atoms with van der Waals surface area (Å²) in [4.78, 5) is 13.8. The number of carbonyl (C=O) groups is 1. The maximum atomic E-state index is 11.9. The van der Waals surface area contributed by atoms with Gasteiger partial charge in [0, 0.05) is 51.0 Å². The Labute approximate surface area is 102 Å². The molecule has 4 nitrogen and oxygen atoms in total. The van der Waals surface area contributed by atoms with Gasteiger partial charge in [0.2, 0.25) is 5.91 Å². The molecule has 2 heterocycles. The van der Waals surface area contributed by atoms with Crippen molar-refractivity contribution >= 4 is 5.91 Å². The van der Waals surface area contributed by atoms with Gasteiger partial charge in [-0.05, 0) is 25.0 Å². The number of aromatic nitrogens is 1. The van der Waals surface area contributed by atoms with Gasteiger partial charge in [-0.1, -0.05) is 0 Å². The number of likely N-dealkylation sites (tertiary alicyclic amines) is 1. The molecule has 0 spiro atoms. The van der Waals surface area contributed by atoms with E-state index >= 15 is 0 Å². The van der Waals surface area contributed by atoms with Gasteiger partial charge in [-0.2, -0.15) is 0 Å². The molecule has 1 aliphatic heterocycles. The average molecular weight is 236 g/mol. The van der Waals surface area contributed by atoms with Crippen LogP contribution in [0.1, 0.15) is 19.3 Å². The smallest absolute Gasteiger partial charge is 0.222 e. The molecule has 1 atom stereocenters. The molecule has 1 aromatic heterocycles. The van der Waals surface area contributed by atoms with Gasteiger partial charge < -0.3 is 14.6 Å². The number of hydrogen-bond acceptors (Lipinski definition) is 2. The van der Waals surface area contributed by atoms with E-state index in [4.69, 9.17) is 5.11 Å². The molecule has 0 aromatic carbocycles. The highest BCUT2D eigenvalue weighted by atomic mass is 16.3. The minimum absolute atomic E-state index is 0.202. The highest BCUT2D eigenvalue weighted by molar-refractivity contribution is 5.76. The van der Waals surface area contributed by atoms with E-state index in [-0.39, 0.29) is 12.5 Å². The highest BCUT2D eigenvalue weighted by Crippen LogP contribution is 2.16. The lowest BCUT2D eigenvalue weighted by Crippen LogP contribution is -2.29. The highest BCUT2D eigenvalue weighted by Gasteiger charge is 2.24. The zero-order valence-corrected chi connectivity index (χ0v) is 10.1. The molecule has 0 saturated carbocycles. The number of amides is 1. The third-order valence-electron chi connectivity index (χ3n) is 3.37. The van der Waals surface area contributed by atoms with Crippen LogP contribution in [-0.2, 0) is 11.3 Å². The van der Waals surface area contributed by atoms with Gasteiger partial charge in [-0.25, -0.2) is 0 Å². The van der Waals surface area contributed by atoms with Crippen LogP contribution in [0.15, 0.2) is 24.5 Å². The van der Waals surface area contributed by atoms with Gasteiger partial charge in [0.15, 0.2) is 0 Å². The minimum Gasteiger partial charge on any atom is -0.396 e. The molecule has 0 aliphatic carbocycles. The Kier molecular flexibility index (Phi) is 4.20. The van der Waals surface area contributed by atoms with Crippen LogP contribution < -0.4 is 0 Å². The molecule has 1 aliphatic rings. The van der Waals surface area contributed by atoms with Crippen LogP contribution in [0.3, 0.4) is 0 Å². The van der Waals surface area contributed by atoms with Crippen LogP contribution in [0, 0.1) is 5.92 Å². The van der Waals surface area contributed by atoms with Crippen molar-refractivity contribution in [3.8, 4) is 0 Å². The summed E-state index contributed by atoms with van der Waals surface area (Å²) in [7, 11) is 0. The number of carbonyl (C=O) groups excluding carboxylic acids is 1. The van der Waals surface area contributed by atoms with Gasteiger partial charge in [-0.3, -0.25) is 4.79 Å². The molecule has 94 valence electrons. The van der Waals surface area contributed by atoms with Gasteiger partial charge in [-0.15, -0.1) is 0 Å². The lowest BCUT2D eigenvalue weighted by molar-refractivity contribution is -0.130. The largest absolute Gasteiger partial charge is 0.396 e. The summed E-state index contributed by atoms with van der Waals surface area (Å²) in [6.07, 6.45) is 6.47. The second-order valence-electron chi connectivity index (χ2n) is 4.70.